The van der Waals surface area contributed by atoms with Crippen molar-refractivity contribution in [1.29, 1.82) is 0 Å². The number of Topliss-reactive ketones (excluding diaryl/α,β-unsaturated/α-hetero) is 1. The fourth-order valence-electron chi connectivity index (χ4n) is 2.63. The second kappa shape index (κ2) is 5.46. The Morgan fingerprint density at radius 3 is 2.59 bits per heavy atom. The Morgan fingerprint density at radius 1 is 1.24 bits per heavy atom. The maximum atomic E-state index is 12.2. The summed E-state index contributed by atoms with van der Waals surface area (Å²) in [5.74, 6) is 0.570. The predicted octanol–water partition coefficient (Wildman–Crippen LogP) is 2.77. The molecule has 2 rings (SSSR count). The Bertz CT molecular complexity index is 396. The number of carbonyl (C=O) groups excluding carboxylic acids is 1. The zero-order valence-electron chi connectivity index (χ0n) is 10.8. The fraction of sp³-hybridized carbons (Fsp3) is 0.533. The molecule has 2 heteroatoms. The third-order valence-electron chi connectivity index (χ3n) is 3.81. The van der Waals surface area contributed by atoms with Crippen molar-refractivity contribution in [3.63, 3.8) is 0 Å². The number of carbonyl (C=O) groups is 1. The van der Waals surface area contributed by atoms with Gasteiger partial charge in [-0.25, -0.2) is 0 Å². The van der Waals surface area contributed by atoms with Gasteiger partial charge in [0, 0.05) is 11.5 Å². The van der Waals surface area contributed by atoms with Crippen molar-refractivity contribution in [2.24, 2.45) is 5.92 Å². The van der Waals surface area contributed by atoms with Crippen LogP contribution < -0.4 is 0 Å². The van der Waals surface area contributed by atoms with E-state index < -0.39 is 0 Å². The quantitative estimate of drug-likeness (QED) is 0.776. The highest BCUT2D eigenvalue weighted by Gasteiger charge is 2.29. The van der Waals surface area contributed by atoms with Crippen LogP contribution in [-0.2, 0) is 6.42 Å². The monoisotopic (exact) mass is 231 g/mol. The molecule has 0 N–H and O–H groups in total. The van der Waals surface area contributed by atoms with Gasteiger partial charge in [-0.2, -0.15) is 0 Å². The molecule has 0 spiro atoms. The zero-order valence-corrected chi connectivity index (χ0v) is 10.8. The smallest absolute Gasteiger partial charge is 0.166 e. The topological polar surface area (TPSA) is 20.3 Å². The maximum Gasteiger partial charge on any atom is 0.166 e. The van der Waals surface area contributed by atoms with Gasteiger partial charge in [-0.3, -0.25) is 4.79 Å². The van der Waals surface area contributed by atoms with Crippen LogP contribution in [0.5, 0.6) is 0 Å². The molecule has 0 radical (unpaired) electrons. The number of fused-ring (bicyclic) bond motifs is 1. The van der Waals surface area contributed by atoms with Crippen molar-refractivity contribution >= 4 is 5.78 Å². The molecule has 0 amide bonds. The van der Waals surface area contributed by atoms with E-state index in [-0.39, 0.29) is 5.92 Å². The second-order valence-electron chi connectivity index (χ2n) is 4.74. The maximum absolute atomic E-state index is 12.2. The molecule has 92 valence electrons. The molecule has 0 aliphatic heterocycles. The predicted molar refractivity (Wildman–Crippen MR) is 70.4 cm³/mol. The van der Waals surface area contributed by atoms with E-state index in [0.29, 0.717) is 5.78 Å². The van der Waals surface area contributed by atoms with Crippen molar-refractivity contribution in [2.45, 2.75) is 26.7 Å². The summed E-state index contributed by atoms with van der Waals surface area (Å²) in [6.07, 6.45) is 1.94. The molecule has 0 heterocycles. The first-order valence-corrected chi connectivity index (χ1v) is 6.60. The molecule has 1 aromatic carbocycles. The summed E-state index contributed by atoms with van der Waals surface area (Å²) in [6, 6.07) is 8.04. The molecule has 0 bridgehead atoms. The van der Waals surface area contributed by atoms with Gasteiger partial charge < -0.3 is 4.90 Å². The van der Waals surface area contributed by atoms with E-state index in [1.807, 2.05) is 18.2 Å². The molecule has 0 saturated carbocycles. The van der Waals surface area contributed by atoms with E-state index in [0.717, 1.165) is 38.0 Å². The standard InChI is InChI=1S/C15H21NO/c1-3-16(4-2)10-9-13-11-12-7-5-6-8-14(12)15(13)17/h5-8,13H,3-4,9-11H2,1-2H3/t13-/m1/s1. The molecule has 17 heavy (non-hydrogen) atoms. The number of ketones is 1. The summed E-state index contributed by atoms with van der Waals surface area (Å²) in [4.78, 5) is 14.6. The van der Waals surface area contributed by atoms with E-state index >= 15 is 0 Å². The van der Waals surface area contributed by atoms with Crippen molar-refractivity contribution in [3.05, 3.63) is 35.4 Å². The van der Waals surface area contributed by atoms with Crippen LogP contribution in [0.2, 0.25) is 0 Å². The second-order valence-corrected chi connectivity index (χ2v) is 4.74. The Balaban J connectivity index is 1.96. The average molecular weight is 231 g/mol. The van der Waals surface area contributed by atoms with Crippen LogP contribution in [0.15, 0.2) is 24.3 Å². The number of nitrogens with zero attached hydrogens (tertiary/aromatic N) is 1. The van der Waals surface area contributed by atoms with E-state index in [4.69, 9.17) is 0 Å². The lowest BCUT2D eigenvalue weighted by atomic mass is 10.0. The minimum atomic E-state index is 0.216. The summed E-state index contributed by atoms with van der Waals surface area (Å²) >= 11 is 0. The lowest BCUT2D eigenvalue weighted by Gasteiger charge is -2.19. The van der Waals surface area contributed by atoms with Crippen molar-refractivity contribution in [3.8, 4) is 0 Å². The third kappa shape index (κ3) is 2.58. The molecular formula is C15H21NO. The van der Waals surface area contributed by atoms with Gasteiger partial charge in [0.15, 0.2) is 5.78 Å². The molecule has 1 aliphatic carbocycles. The van der Waals surface area contributed by atoms with Crippen LogP contribution in [-0.4, -0.2) is 30.3 Å². The summed E-state index contributed by atoms with van der Waals surface area (Å²) in [7, 11) is 0. The largest absolute Gasteiger partial charge is 0.304 e. The summed E-state index contributed by atoms with van der Waals surface area (Å²) < 4.78 is 0. The van der Waals surface area contributed by atoms with Crippen LogP contribution in [0.25, 0.3) is 0 Å². The van der Waals surface area contributed by atoms with E-state index in [1.54, 1.807) is 0 Å². The van der Waals surface area contributed by atoms with Gasteiger partial charge in [0.1, 0.15) is 0 Å². The molecule has 0 unspecified atom stereocenters. The van der Waals surface area contributed by atoms with E-state index in [9.17, 15) is 4.79 Å². The highest BCUT2D eigenvalue weighted by molar-refractivity contribution is 6.02. The lowest BCUT2D eigenvalue weighted by molar-refractivity contribution is 0.0922. The molecular weight excluding hydrogens is 210 g/mol. The number of benzene rings is 1. The number of hydrogen-bond acceptors (Lipinski definition) is 2. The summed E-state index contributed by atoms with van der Waals surface area (Å²) in [6.45, 7) is 7.54. The molecule has 2 nitrogen and oxygen atoms in total. The Hall–Kier alpha value is -1.15. The third-order valence-corrected chi connectivity index (χ3v) is 3.81. The minimum absolute atomic E-state index is 0.216. The van der Waals surface area contributed by atoms with Crippen molar-refractivity contribution in [1.82, 2.24) is 4.90 Å². The van der Waals surface area contributed by atoms with Crippen molar-refractivity contribution in [2.75, 3.05) is 19.6 Å². The van der Waals surface area contributed by atoms with Crippen LogP contribution in [0.3, 0.4) is 0 Å². The first kappa shape index (κ1) is 12.3. The normalized spacial score (nSPS) is 18.8. The average Bonchev–Trinajstić information content (AvgIpc) is 2.68. The first-order chi connectivity index (χ1) is 8.26. The SMILES string of the molecule is CCN(CC)CC[C@@H]1Cc2ccccc2C1=O. The van der Waals surface area contributed by atoms with E-state index in [2.05, 4.69) is 24.8 Å². The van der Waals surface area contributed by atoms with Gasteiger partial charge in [-0.15, -0.1) is 0 Å². The Morgan fingerprint density at radius 2 is 1.94 bits per heavy atom. The minimum Gasteiger partial charge on any atom is -0.304 e. The number of rotatable bonds is 5. The van der Waals surface area contributed by atoms with Crippen LogP contribution in [0, 0.1) is 5.92 Å². The first-order valence-electron chi connectivity index (χ1n) is 6.60. The molecule has 0 fully saturated rings. The molecule has 0 saturated heterocycles. The molecule has 1 aromatic rings. The van der Waals surface area contributed by atoms with Crippen molar-refractivity contribution < 1.29 is 4.79 Å². The van der Waals surface area contributed by atoms with Gasteiger partial charge in [-0.05, 0) is 38.0 Å². The number of hydrogen-bond donors (Lipinski definition) is 0. The van der Waals surface area contributed by atoms with Crippen LogP contribution >= 0.6 is 0 Å². The summed E-state index contributed by atoms with van der Waals surface area (Å²) in [5.41, 5.74) is 2.19. The van der Waals surface area contributed by atoms with Gasteiger partial charge in [0.2, 0.25) is 0 Å². The highest BCUT2D eigenvalue weighted by atomic mass is 16.1. The summed E-state index contributed by atoms with van der Waals surface area (Å²) in [5, 5.41) is 0. The van der Waals surface area contributed by atoms with Gasteiger partial charge in [0.05, 0.1) is 0 Å². The zero-order chi connectivity index (χ0) is 12.3. The van der Waals surface area contributed by atoms with Crippen LogP contribution in [0.1, 0.15) is 36.2 Å². The highest BCUT2D eigenvalue weighted by Crippen LogP contribution is 2.28. The van der Waals surface area contributed by atoms with Crippen LogP contribution in [0.4, 0.5) is 0 Å². The molecule has 0 aromatic heterocycles. The molecule has 1 atom stereocenters. The van der Waals surface area contributed by atoms with E-state index in [1.165, 1.54) is 5.56 Å². The lowest BCUT2D eigenvalue weighted by Crippen LogP contribution is -2.26. The Labute approximate surface area is 104 Å². The van der Waals surface area contributed by atoms with Gasteiger partial charge in [-0.1, -0.05) is 38.1 Å². The van der Waals surface area contributed by atoms with Gasteiger partial charge >= 0.3 is 0 Å². The fourth-order valence-corrected chi connectivity index (χ4v) is 2.63. The molecule has 1 aliphatic rings. The Kier molecular flexibility index (Phi) is 3.95. The van der Waals surface area contributed by atoms with Gasteiger partial charge in [0.25, 0.3) is 0 Å².